The number of fused-ring (bicyclic) bond motifs is 2. The van der Waals surface area contributed by atoms with Crippen molar-refractivity contribution in [3.8, 4) is 11.3 Å². The van der Waals surface area contributed by atoms with Gasteiger partial charge in [0.1, 0.15) is 5.58 Å². The topological polar surface area (TPSA) is 75.7 Å². The molecule has 0 spiro atoms. The maximum Gasteiger partial charge on any atom is 0.345 e. The van der Waals surface area contributed by atoms with E-state index in [0.29, 0.717) is 22.5 Å². The minimum atomic E-state index is -0.383. The zero-order chi connectivity index (χ0) is 17.5. The fourth-order valence-electron chi connectivity index (χ4n) is 3.37. The molecule has 0 radical (unpaired) electrons. The van der Waals surface area contributed by atoms with Crippen molar-refractivity contribution in [1.29, 1.82) is 0 Å². The summed E-state index contributed by atoms with van der Waals surface area (Å²) in [6, 6.07) is 7.86. The maximum absolute atomic E-state index is 12.5. The smallest absolute Gasteiger partial charge is 0.345 e. The first-order valence-electron chi connectivity index (χ1n) is 8.61. The lowest BCUT2D eigenvalue weighted by Gasteiger charge is -2.29. The molecule has 0 saturated carbocycles. The maximum atomic E-state index is 12.5. The molecular formula is C19H17N5O2. The highest BCUT2D eigenvalue weighted by atomic mass is 16.4. The zero-order valence-corrected chi connectivity index (χ0v) is 14.1. The van der Waals surface area contributed by atoms with Crippen molar-refractivity contribution >= 4 is 22.3 Å². The summed E-state index contributed by atoms with van der Waals surface area (Å²) in [5.41, 5.74) is 3.02. The average Bonchev–Trinajstić information content (AvgIpc) is 3.11. The van der Waals surface area contributed by atoms with Crippen LogP contribution in [0.3, 0.4) is 0 Å². The Labute approximate surface area is 148 Å². The second kappa shape index (κ2) is 5.96. The Balaban J connectivity index is 1.59. The van der Waals surface area contributed by atoms with Gasteiger partial charge in [0.05, 0.1) is 17.5 Å². The highest BCUT2D eigenvalue weighted by Crippen LogP contribution is 2.25. The van der Waals surface area contributed by atoms with E-state index in [2.05, 4.69) is 26.3 Å². The molecule has 3 aromatic heterocycles. The highest BCUT2D eigenvalue weighted by molar-refractivity contribution is 5.84. The summed E-state index contributed by atoms with van der Waals surface area (Å²) in [5.74, 6) is 0. The van der Waals surface area contributed by atoms with Crippen molar-refractivity contribution in [2.45, 2.75) is 0 Å². The van der Waals surface area contributed by atoms with E-state index in [9.17, 15) is 4.79 Å². The van der Waals surface area contributed by atoms with Crippen molar-refractivity contribution in [2.75, 3.05) is 31.1 Å². The van der Waals surface area contributed by atoms with Gasteiger partial charge in [0, 0.05) is 61.9 Å². The van der Waals surface area contributed by atoms with E-state index in [1.165, 1.54) is 0 Å². The average molecular weight is 347 g/mol. The number of nitrogens with zero attached hydrogens (tertiary/aromatic N) is 4. The summed E-state index contributed by atoms with van der Waals surface area (Å²) in [4.78, 5) is 23.4. The van der Waals surface area contributed by atoms with Crippen LogP contribution in [0.1, 0.15) is 0 Å². The van der Waals surface area contributed by atoms with E-state index in [0.717, 1.165) is 37.3 Å². The van der Waals surface area contributed by atoms with E-state index < -0.39 is 0 Å². The Morgan fingerprint density at radius 1 is 1.15 bits per heavy atom. The fourth-order valence-corrected chi connectivity index (χ4v) is 3.37. The number of benzene rings is 1. The molecule has 5 rings (SSSR count). The van der Waals surface area contributed by atoms with Crippen LogP contribution in [0.5, 0.6) is 0 Å². The molecule has 0 aliphatic carbocycles. The summed E-state index contributed by atoms with van der Waals surface area (Å²) in [6.07, 6.45) is 6.95. The molecule has 26 heavy (non-hydrogen) atoms. The minimum Gasteiger partial charge on any atom is -0.422 e. The van der Waals surface area contributed by atoms with Crippen molar-refractivity contribution in [1.82, 2.24) is 19.7 Å². The predicted molar refractivity (Wildman–Crippen MR) is 99.5 cm³/mol. The lowest BCUT2D eigenvalue weighted by molar-refractivity contribution is 0.561. The Morgan fingerprint density at radius 2 is 2.04 bits per heavy atom. The number of piperazine rings is 1. The molecule has 4 aromatic rings. The monoisotopic (exact) mass is 347 g/mol. The van der Waals surface area contributed by atoms with Crippen LogP contribution < -0.4 is 15.8 Å². The molecular weight excluding hydrogens is 330 g/mol. The van der Waals surface area contributed by atoms with E-state index in [1.807, 2.05) is 28.8 Å². The third kappa shape index (κ3) is 2.53. The number of aromatic nitrogens is 3. The molecule has 1 N–H and O–H groups in total. The summed E-state index contributed by atoms with van der Waals surface area (Å²) in [6.45, 7) is 3.82. The van der Waals surface area contributed by atoms with E-state index in [-0.39, 0.29) is 5.63 Å². The van der Waals surface area contributed by atoms with Crippen LogP contribution in [0.15, 0.2) is 58.3 Å². The van der Waals surface area contributed by atoms with Gasteiger partial charge in [-0.25, -0.2) is 9.78 Å². The molecule has 0 unspecified atom stereocenters. The zero-order valence-electron chi connectivity index (χ0n) is 14.1. The second-order valence-corrected chi connectivity index (χ2v) is 6.37. The first-order valence-corrected chi connectivity index (χ1v) is 8.61. The van der Waals surface area contributed by atoms with E-state index >= 15 is 0 Å². The summed E-state index contributed by atoms with van der Waals surface area (Å²) >= 11 is 0. The largest absolute Gasteiger partial charge is 0.422 e. The number of hydrogen-bond donors (Lipinski definition) is 1. The van der Waals surface area contributed by atoms with Gasteiger partial charge in [-0.3, -0.25) is 4.98 Å². The van der Waals surface area contributed by atoms with Crippen molar-refractivity contribution in [3.05, 3.63) is 59.5 Å². The van der Waals surface area contributed by atoms with Gasteiger partial charge in [0.15, 0.2) is 5.65 Å². The number of hydrogen-bond acceptors (Lipinski definition) is 6. The third-order valence-corrected chi connectivity index (χ3v) is 4.74. The molecule has 1 saturated heterocycles. The van der Waals surface area contributed by atoms with Crippen LogP contribution in [0.4, 0.5) is 5.69 Å². The van der Waals surface area contributed by atoms with Crippen molar-refractivity contribution in [2.24, 2.45) is 0 Å². The second-order valence-electron chi connectivity index (χ2n) is 6.37. The van der Waals surface area contributed by atoms with Gasteiger partial charge in [-0.15, -0.1) is 0 Å². The predicted octanol–water partition coefficient (Wildman–Crippen LogP) is 1.91. The van der Waals surface area contributed by atoms with E-state index in [1.54, 1.807) is 18.6 Å². The Kier molecular flexibility index (Phi) is 3.46. The lowest BCUT2D eigenvalue weighted by Crippen LogP contribution is -2.43. The lowest BCUT2D eigenvalue weighted by atomic mass is 10.1. The highest BCUT2D eigenvalue weighted by Gasteiger charge is 2.14. The Bertz CT molecular complexity index is 1120. The fraction of sp³-hybridized carbons (Fsp3) is 0.211. The number of rotatable bonds is 2. The van der Waals surface area contributed by atoms with Crippen LogP contribution in [0.25, 0.3) is 27.9 Å². The Hall–Kier alpha value is -3.19. The van der Waals surface area contributed by atoms with E-state index in [4.69, 9.17) is 4.42 Å². The standard InChI is InChI=1S/C19H17N5O2/c25-19-15(16-12-24-8-5-21-11-18(24)22-16)9-13-1-2-14(10-17(13)26-19)23-6-3-20-4-7-23/h1-2,5,8-12,20H,3-4,6-7H2. The van der Waals surface area contributed by atoms with Crippen LogP contribution in [-0.4, -0.2) is 40.5 Å². The van der Waals surface area contributed by atoms with Crippen LogP contribution in [-0.2, 0) is 0 Å². The molecule has 1 aliphatic heterocycles. The van der Waals surface area contributed by atoms with Crippen LogP contribution in [0, 0.1) is 0 Å². The minimum absolute atomic E-state index is 0.383. The number of nitrogens with one attached hydrogen (secondary N) is 1. The van der Waals surface area contributed by atoms with Gasteiger partial charge < -0.3 is 19.0 Å². The molecule has 0 amide bonds. The van der Waals surface area contributed by atoms with Gasteiger partial charge in [-0.1, -0.05) is 0 Å². The molecule has 1 aromatic carbocycles. The molecule has 1 aliphatic rings. The summed E-state index contributed by atoms with van der Waals surface area (Å²) < 4.78 is 7.44. The first-order chi connectivity index (χ1) is 12.8. The number of anilines is 1. The van der Waals surface area contributed by atoms with Crippen LogP contribution in [0.2, 0.25) is 0 Å². The number of imidazole rings is 1. The molecule has 7 nitrogen and oxygen atoms in total. The SMILES string of the molecule is O=c1oc2cc(N3CCNCC3)ccc2cc1-c1cn2ccncc2n1. The third-order valence-electron chi connectivity index (χ3n) is 4.74. The van der Waals surface area contributed by atoms with Crippen molar-refractivity contribution < 1.29 is 4.42 Å². The quantitative estimate of drug-likeness (QED) is 0.558. The molecule has 0 bridgehead atoms. The van der Waals surface area contributed by atoms with Gasteiger partial charge in [-0.2, -0.15) is 0 Å². The summed E-state index contributed by atoms with van der Waals surface area (Å²) in [7, 11) is 0. The normalized spacial score (nSPS) is 15.0. The van der Waals surface area contributed by atoms with Crippen LogP contribution >= 0.6 is 0 Å². The van der Waals surface area contributed by atoms with Gasteiger partial charge in [0.25, 0.3) is 0 Å². The van der Waals surface area contributed by atoms with Gasteiger partial charge >= 0.3 is 5.63 Å². The molecule has 4 heterocycles. The summed E-state index contributed by atoms with van der Waals surface area (Å²) in [5, 5.41) is 4.22. The van der Waals surface area contributed by atoms with Gasteiger partial charge in [0.2, 0.25) is 0 Å². The first kappa shape index (κ1) is 15.1. The molecule has 1 fully saturated rings. The molecule has 0 atom stereocenters. The molecule has 7 heteroatoms. The van der Waals surface area contributed by atoms with Crippen molar-refractivity contribution in [3.63, 3.8) is 0 Å². The Morgan fingerprint density at radius 3 is 2.88 bits per heavy atom. The molecule has 130 valence electrons. The van der Waals surface area contributed by atoms with Gasteiger partial charge in [-0.05, 0) is 18.2 Å².